The summed E-state index contributed by atoms with van der Waals surface area (Å²) in [7, 11) is 0. The zero-order chi connectivity index (χ0) is 9.42. The summed E-state index contributed by atoms with van der Waals surface area (Å²) >= 11 is 0. The molecule has 1 aromatic heterocycles. The third kappa shape index (κ3) is 1.07. The first-order valence-electron chi connectivity index (χ1n) is 3.76. The van der Waals surface area contributed by atoms with Crippen molar-refractivity contribution in [1.29, 1.82) is 0 Å². The van der Waals surface area contributed by atoms with E-state index in [1.807, 2.05) is 0 Å². The lowest BCUT2D eigenvalue weighted by Crippen LogP contribution is -2.27. The minimum atomic E-state index is -0.556. The first kappa shape index (κ1) is 7.79. The fraction of sp³-hybridized carbons (Fsp3) is 0. The summed E-state index contributed by atoms with van der Waals surface area (Å²) < 4.78 is 13.6. The van der Waals surface area contributed by atoms with E-state index in [0.717, 1.165) is 0 Å². The minimum Gasteiger partial charge on any atom is -0.618 e. The van der Waals surface area contributed by atoms with E-state index in [4.69, 9.17) is 5.73 Å². The maximum absolute atomic E-state index is 13.2. The lowest BCUT2D eigenvalue weighted by Gasteiger charge is -2.03. The monoisotopic (exact) mass is 178 g/mol. The van der Waals surface area contributed by atoms with Crippen LogP contribution in [-0.2, 0) is 0 Å². The van der Waals surface area contributed by atoms with Crippen LogP contribution >= 0.6 is 0 Å². The van der Waals surface area contributed by atoms with Crippen LogP contribution in [0.1, 0.15) is 0 Å². The molecule has 0 radical (unpaired) electrons. The summed E-state index contributed by atoms with van der Waals surface area (Å²) in [4.78, 5) is 0. The van der Waals surface area contributed by atoms with Gasteiger partial charge in [0.25, 0.3) is 5.52 Å². The van der Waals surface area contributed by atoms with Gasteiger partial charge in [-0.1, -0.05) is 0 Å². The van der Waals surface area contributed by atoms with Crippen LogP contribution in [0.4, 0.5) is 10.1 Å². The van der Waals surface area contributed by atoms with Gasteiger partial charge in [-0.15, -0.1) is 0 Å². The predicted octanol–water partition coefficient (Wildman–Crippen LogP) is 1.19. The number of hydrogen-bond donors (Lipinski definition) is 1. The van der Waals surface area contributed by atoms with E-state index < -0.39 is 5.82 Å². The molecule has 66 valence electrons. The first-order valence-corrected chi connectivity index (χ1v) is 3.76. The van der Waals surface area contributed by atoms with E-state index in [1.54, 1.807) is 6.07 Å². The highest BCUT2D eigenvalue weighted by Gasteiger charge is 2.11. The average molecular weight is 178 g/mol. The number of pyridine rings is 1. The Morgan fingerprint density at radius 2 is 2.08 bits per heavy atom. The molecule has 0 amide bonds. The van der Waals surface area contributed by atoms with Gasteiger partial charge in [-0.05, 0) is 18.2 Å². The molecular formula is C9H7FN2O. The largest absolute Gasteiger partial charge is 0.618 e. The number of anilines is 1. The van der Waals surface area contributed by atoms with Gasteiger partial charge in [0, 0.05) is 11.8 Å². The Bertz CT molecular complexity index is 462. The number of nitrogen functional groups attached to an aromatic ring is 1. The Morgan fingerprint density at radius 1 is 1.31 bits per heavy atom. The van der Waals surface area contributed by atoms with E-state index in [-0.39, 0.29) is 5.52 Å². The molecule has 0 fully saturated rings. The topological polar surface area (TPSA) is 53.0 Å². The van der Waals surface area contributed by atoms with Gasteiger partial charge < -0.3 is 10.9 Å². The van der Waals surface area contributed by atoms with Crippen molar-refractivity contribution in [2.75, 3.05) is 5.73 Å². The Hall–Kier alpha value is -1.84. The second kappa shape index (κ2) is 2.58. The number of benzene rings is 1. The standard InChI is InChI=1S/C9H7FN2O/c10-7-3-4-8(11)6-2-1-5-12(13)9(6)7/h1-5H,11H2. The molecule has 0 aliphatic carbocycles. The molecular weight excluding hydrogens is 171 g/mol. The number of halogens is 1. The highest BCUT2D eigenvalue weighted by atomic mass is 19.1. The van der Waals surface area contributed by atoms with Gasteiger partial charge in [0.05, 0.1) is 5.39 Å². The number of nitrogens with zero attached hydrogens (tertiary/aromatic N) is 1. The Morgan fingerprint density at radius 3 is 2.77 bits per heavy atom. The summed E-state index contributed by atoms with van der Waals surface area (Å²) in [6.07, 6.45) is 1.24. The van der Waals surface area contributed by atoms with E-state index in [9.17, 15) is 9.60 Å². The Kier molecular flexibility index (Phi) is 1.55. The first-order chi connectivity index (χ1) is 6.20. The summed E-state index contributed by atoms with van der Waals surface area (Å²) in [5, 5.41) is 11.6. The molecule has 0 saturated heterocycles. The van der Waals surface area contributed by atoms with Crippen LogP contribution in [0, 0.1) is 11.0 Å². The molecule has 0 unspecified atom stereocenters. The molecule has 0 atom stereocenters. The molecule has 1 aromatic carbocycles. The number of nitrogens with two attached hydrogens (primary N) is 1. The van der Waals surface area contributed by atoms with Crippen molar-refractivity contribution in [2.45, 2.75) is 0 Å². The summed E-state index contributed by atoms with van der Waals surface area (Å²) in [6, 6.07) is 5.77. The molecule has 0 aliphatic heterocycles. The molecule has 4 heteroatoms. The van der Waals surface area contributed by atoms with Gasteiger partial charge in [0.15, 0.2) is 12.0 Å². The van der Waals surface area contributed by atoms with Crippen LogP contribution in [0.3, 0.4) is 0 Å². The molecule has 13 heavy (non-hydrogen) atoms. The summed E-state index contributed by atoms with van der Waals surface area (Å²) in [5.74, 6) is -0.556. The SMILES string of the molecule is Nc1ccc(F)c2c1ccc[n+]2[O-]. The van der Waals surface area contributed by atoms with Crippen molar-refractivity contribution in [3.8, 4) is 0 Å². The molecule has 0 aliphatic rings. The van der Waals surface area contributed by atoms with Crippen LogP contribution < -0.4 is 10.5 Å². The van der Waals surface area contributed by atoms with Gasteiger partial charge in [-0.3, -0.25) is 0 Å². The number of fused-ring (bicyclic) bond motifs is 1. The predicted molar refractivity (Wildman–Crippen MR) is 47.3 cm³/mol. The van der Waals surface area contributed by atoms with Crippen molar-refractivity contribution in [3.05, 3.63) is 41.5 Å². The maximum Gasteiger partial charge on any atom is 0.261 e. The molecule has 0 bridgehead atoms. The fourth-order valence-corrected chi connectivity index (χ4v) is 1.29. The average Bonchev–Trinajstić information content (AvgIpc) is 2.12. The number of rotatable bonds is 0. The highest BCUT2D eigenvalue weighted by molar-refractivity contribution is 5.88. The zero-order valence-electron chi connectivity index (χ0n) is 6.70. The van der Waals surface area contributed by atoms with E-state index in [2.05, 4.69) is 0 Å². The number of aromatic nitrogens is 1. The lowest BCUT2D eigenvalue weighted by atomic mass is 10.2. The van der Waals surface area contributed by atoms with Crippen molar-refractivity contribution >= 4 is 16.6 Å². The van der Waals surface area contributed by atoms with E-state index in [1.165, 1.54) is 24.4 Å². The Balaban J connectivity index is 3.00. The molecule has 2 N–H and O–H groups in total. The second-order valence-corrected chi connectivity index (χ2v) is 2.73. The molecule has 2 rings (SSSR count). The van der Waals surface area contributed by atoms with Crippen molar-refractivity contribution in [3.63, 3.8) is 0 Å². The summed E-state index contributed by atoms with van der Waals surface area (Å²) in [5.41, 5.74) is 5.97. The molecule has 3 nitrogen and oxygen atoms in total. The molecule has 0 spiro atoms. The lowest BCUT2D eigenvalue weighted by molar-refractivity contribution is -0.578. The van der Waals surface area contributed by atoms with Gasteiger partial charge in [0.2, 0.25) is 0 Å². The fourth-order valence-electron chi connectivity index (χ4n) is 1.29. The number of hydrogen-bond acceptors (Lipinski definition) is 2. The summed E-state index contributed by atoms with van der Waals surface area (Å²) in [6.45, 7) is 0. The molecule has 0 saturated carbocycles. The second-order valence-electron chi connectivity index (χ2n) is 2.73. The minimum absolute atomic E-state index is 0.0116. The van der Waals surface area contributed by atoms with Crippen LogP contribution in [0.25, 0.3) is 10.9 Å². The maximum atomic E-state index is 13.2. The normalized spacial score (nSPS) is 10.5. The van der Waals surface area contributed by atoms with Crippen LogP contribution in [-0.4, -0.2) is 0 Å². The van der Waals surface area contributed by atoms with Gasteiger partial charge in [0.1, 0.15) is 0 Å². The van der Waals surface area contributed by atoms with Crippen LogP contribution in [0.2, 0.25) is 0 Å². The van der Waals surface area contributed by atoms with E-state index in [0.29, 0.717) is 15.8 Å². The quantitative estimate of drug-likeness (QED) is 0.374. The highest BCUT2D eigenvalue weighted by Crippen LogP contribution is 2.19. The molecule has 2 aromatic rings. The van der Waals surface area contributed by atoms with Crippen LogP contribution in [0.5, 0.6) is 0 Å². The smallest absolute Gasteiger partial charge is 0.261 e. The zero-order valence-corrected chi connectivity index (χ0v) is 6.70. The molecule has 1 heterocycles. The third-order valence-electron chi connectivity index (χ3n) is 1.91. The van der Waals surface area contributed by atoms with E-state index >= 15 is 0 Å². The van der Waals surface area contributed by atoms with Crippen molar-refractivity contribution < 1.29 is 9.12 Å². The van der Waals surface area contributed by atoms with Gasteiger partial charge >= 0.3 is 0 Å². The van der Waals surface area contributed by atoms with Gasteiger partial charge in [-0.2, -0.15) is 9.12 Å². The third-order valence-corrected chi connectivity index (χ3v) is 1.91. The van der Waals surface area contributed by atoms with Crippen LogP contribution in [0.15, 0.2) is 30.5 Å². The Labute approximate surface area is 73.8 Å². The van der Waals surface area contributed by atoms with Gasteiger partial charge in [-0.25, -0.2) is 0 Å². The van der Waals surface area contributed by atoms with Crippen molar-refractivity contribution in [2.24, 2.45) is 0 Å². The van der Waals surface area contributed by atoms with Crippen molar-refractivity contribution in [1.82, 2.24) is 0 Å².